The number of esters is 1. The molecule has 9 heteroatoms. The molecule has 4 aromatic carbocycles. The van der Waals surface area contributed by atoms with Gasteiger partial charge in [0.25, 0.3) is 0 Å². The Kier molecular flexibility index (Phi) is 9.68. The summed E-state index contributed by atoms with van der Waals surface area (Å²) in [6.45, 7) is 2.41. The Morgan fingerprint density at radius 3 is 2.05 bits per heavy atom. The van der Waals surface area contributed by atoms with E-state index in [9.17, 15) is 9.59 Å². The van der Waals surface area contributed by atoms with Crippen molar-refractivity contribution in [2.45, 2.75) is 13.2 Å². The van der Waals surface area contributed by atoms with E-state index in [2.05, 4.69) is 26.5 Å². The lowest BCUT2D eigenvalue weighted by Gasteiger charge is -2.18. The summed E-state index contributed by atoms with van der Waals surface area (Å²) in [7, 11) is 0. The van der Waals surface area contributed by atoms with Gasteiger partial charge in [-0.15, -0.1) is 0 Å². The highest BCUT2D eigenvalue weighted by molar-refractivity contribution is 9.10. The Morgan fingerprint density at radius 2 is 1.46 bits per heavy atom. The van der Waals surface area contributed by atoms with E-state index in [-0.39, 0.29) is 5.75 Å². The van der Waals surface area contributed by atoms with E-state index in [0.29, 0.717) is 35.0 Å². The van der Waals surface area contributed by atoms with Gasteiger partial charge in [-0.05, 0) is 73.7 Å². The third-order valence-electron chi connectivity index (χ3n) is 5.14. The van der Waals surface area contributed by atoms with Gasteiger partial charge in [0.1, 0.15) is 23.0 Å². The summed E-state index contributed by atoms with van der Waals surface area (Å²) < 4.78 is 23.3. The lowest BCUT2D eigenvalue weighted by Crippen LogP contribution is -2.40. The normalized spacial score (nSPS) is 10.7. The first kappa shape index (κ1) is 27.4. The van der Waals surface area contributed by atoms with Gasteiger partial charge >= 0.3 is 18.2 Å². The van der Waals surface area contributed by atoms with Gasteiger partial charge in [-0.2, -0.15) is 5.10 Å². The molecule has 0 aliphatic rings. The quantitative estimate of drug-likeness (QED) is 0.0758. The number of carbonyl (C=O) groups is 2. The minimum Gasteiger partial charge on any atom is -0.494 e. The monoisotopic (exact) mass is 588 g/mol. The van der Waals surface area contributed by atoms with Crippen LogP contribution < -0.4 is 24.4 Å². The van der Waals surface area contributed by atoms with Crippen LogP contribution in [0.4, 0.5) is 0 Å². The van der Waals surface area contributed by atoms with E-state index in [4.69, 9.17) is 18.9 Å². The van der Waals surface area contributed by atoms with Crippen molar-refractivity contribution in [1.82, 2.24) is 5.43 Å². The fourth-order valence-electron chi connectivity index (χ4n) is 3.32. The molecule has 8 nitrogen and oxygen atoms in total. The van der Waals surface area contributed by atoms with Crippen LogP contribution in [-0.2, 0) is 4.79 Å². The van der Waals surface area contributed by atoms with Crippen molar-refractivity contribution in [3.63, 3.8) is 0 Å². The van der Waals surface area contributed by atoms with Gasteiger partial charge in [-0.3, -0.25) is 4.79 Å². The summed E-state index contributed by atoms with van der Waals surface area (Å²) in [6.07, 6.45) is 0.0531. The molecule has 1 amide bonds. The van der Waals surface area contributed by atoms with Crippen LogP contribution in [0.2, 0.25) is 0 Å². The van der Waals surface area contributed by atoms with Gasteiger partial charge in [-0.1, -0.05) is 52.3 Å². The van der Waals surface area contributed by atoms with Gasteiger partial charge in [0.2, 0.25) is 0 Å². The van der Waals surface area contributed by atoms with Crippen LogP contribution in [0.3, 0.4) is 0 Å². The number of rotatable bonds is 11. The lowest BCUT2D eigenvalue weighted by molar-refractivity contribution is -0.140. The molecule has 0 atom stereocenters. The molecule has 4 aromatic rings. The molecule has 0 heterocycles. The lowest BCUT2D eigenvalue weighted by atomic mass is 10.2. The van der Waals surface area contributed by atoms with Gasteiger partial charge in [0, 0.05) is 10.0 Å². The standard InChI is InChI=1S/C30H25BrN2O6/c1-2-36-24-16-13-21(14-17-24)29(35)39-27-18-15-23(31)19-22(27)20-32-33-28(34)30(37-25-9-5-3-6-10-25)38-26-11-7-4-8-12-26/h3-20,30H,2H2,1H3,(H,33,34). The molecule has 0 bridgehead atoms. The first-order valence-electron chi connectivity index (χ1n) is 12.0. The molecule has 0 aliphatic heterocycles. The van der Waals surface area contributed by atoms with Crippen LogP contribution in [0.1, 0.15) is 22.8 Å². The second kappa shape index (κ2) is 13.8. The maximum Gasteiger partial charge on any atom is 0.343 e. The van der Waals surface area contributed by atoms with Crippen LogP contribution in [0.25, 0.3) is 0 Å². The number of nitrogens with zero attached hydrogens (tertiary/aromatic N) is 1. The predicted molar refractivity (Wildman–Crippen MR) is 150 cm³/mol. The maximum atomic E-state index is 13.0. The zero-order valence-electron chi connectivity index (χ0n) is 21.0. The highest BCUT2D eigenvalue weighted by Crippen LogP contribution is 2.23. The molecule has 0 radical (unpaired) electrons. The first-order valence-corrected chi connectivity index (χ1v) is 12.8. The van der Waals surface area contributed by atoms with Crippen molar-refractivity contribution in [3.8, 4) is 23.0 Å². The van der Waals surface area contributed by atoms with Crippen LogP contribution in [0, 0.1) is 0 Å². The summed E-state index contributed by atoms with van der Waals surface area (Å²) in [5.74, 6) is 0.634. The van der Waals surface area contributed by atoms with Crippen LogP contribution >= 0.6 is 15.9 Å². The van der Waals surface area contributed by atoms with Crippen LogP contribution in [0.15, 0.2) is 113 Å². The minimum absolute atomic E-state index is 0.257. The molecule has 39 heavy (non-hydrogen) atoms. The fraction of sp³-hybridized carbons (Fsp3) is 0.100. The largest absolute Gasteiger partial charge is 0.494 e. The third kappa shape index (κ3) is 8.18. The molecule has 198 valence electrons. The van der Waals surface area contributed by atoms with Gasteiger partial charge in [0.15, 0.2) is 0 Å². The summed E-state index contributed by atoms with van der Waals surface area (Å²) in [5, 5.41) is 4.05. The second-order valence-electron chi connectivity index (χ2n) is 7.96. The molecule has 0 spiro atoms. The highest BCUT2D eigenvalue weighted by atomic mass is 79.9. The number of hydrogen-bond donors (Lipinski definition) is 1. The Labute approximate surface area is 234 Å². The Morgan fingerprint density at radius 1 is 0.846 bits per heavy atom. The number of ether oxygens (including phenoxy) is 4. The molecule has 0 fully saturated rings. The second-order valence-corrected chi connectivity index (χ2v) is 8.87. The first-order chi connectivity index (χ1) is 19.0. The van der Waals surface area contributed by atoms with Crippen LogP contribution in [-0.4, -0.2) is 31.0 Å². The summed E-state index contributed by atoms with van der Waals surface area (Å²) >= 11 is 3.40. The van der Waals surface area contributed by atoms with E-state index in [0.717, 1.165) is 4.47 Å². The number of halogens is 1. The Balaban J connectivity index is 1.46. The van der Waals surface area contributed by atoms with Crippen molar-refractivity contribution in [2.24, 2.45) is 5.10 Å². The number of hydrogen-bond acceptors (Lipinski definition) is 7. The molecule has 4 rings (SSSR count). The zero-order valence-corrected chi connectivity index (χ0v) is 22.5. The van der Waals surface area contributed by atoms with E-state index in [1.165, 1.54) is 6.21 Å². The third-order valence-corrected chi connectivity index (χ3v) is 5.63. The molecular formula is C30H25BrN2O6. The van der Waals surface area contributed by atoms with Crippen molar-refractivity contribution in [1.29, 1.82) is 0 Å². The summed E-state index contributed by atoms with van der Waals surface area (Å²) in [4.78, 5) is 25.7. The zero-order chi connectivity index (χ0) is 27.5. The van der Waals surface area contributed by atoms with Crippen molar-refractivity contribution in [2.75, 3.05) is 6.61 Å². The van der Waals surface area contributed by atoms with Crippen molar-refractivity contribution >= 4 is 34.0 Å². The SMILES string of the molecule is CCOc1ccc(C(=O)Oc2ccc(Br)cc2C=NNC(=O)C(Oc2ccccc2)Oc2ccccc2)cc1. The van der Waals surface area contributed by atoms with Gasteiger partial charge in [-0.25, -0.2) is 10.2 Å². The number of carbonyl (C=O) groups excluding carboxylic acids is 2. The topological polar surface area (TPSA) is 95.5 Å². The number of nitrogens with one attached hydrogen (secondary N) is 1. The predicted octanol–water partition coefficient (Wildman–Crippen LogP) is 6.00. The maximum absolute atomic E-state index is 13.0. The molecule has 0 saturated heterocycles. The number of hydrazone groups is 1. The number of para-hydroxylation sites is 2. The van der Waals surface area contributed by atoms with Gasteiger partial charge < -0.3 is 18.9 Å². The smallest absolute Gasteiger partial charge is 0.343 e. The highest BCUT2D eigenvalue weighted by Gasteiger charge is 2.22. The summed E-state index contributed by atoms with van der Waals surface area (Å²) in [6, 6.07) is 29.4. The van der Waals surface area contributed by atoms with E-state index in [1.807, 2.05) is 19.1 Å². The molecule has 0 saturated carbocycles. The van der Waals surface area contributed by atoms with Gasteiger partial charge in [0.05, 0.1) is 18.4 Å². The number of benzene rings is 4. The Bertz CT molecular complexity index is 1370. The van der Waals surface area contributed by atoms with Crippen molar-refractivity contribution in [3.05, 3.63) is 119 Å². The summed E-state index contributed by atoms with van der Waals surface area (Å²) in [5.41, 5.74) is 3.24. The van der Waals surface area contributed by atoms with E-state index >= 15 is 0 Å². The number of amides is 1. The average molecular weight is 589 g/mol. The molecule has 1 N–H and O–H groups in total. The van der Waals surface area contributed by atoms with Crippen molar-refractivity contribution < 1.29 is 28.5 Å². The minimum atomic E-state index is -1.31. The average Bonchev–Trinajstić information content (AvgIpc) is 2.95. The molecule has 0 aliphatic carbocycles. The molecular weight excluding hydrogens is 564 g/mol. The molecule has 0 aromatic heterocycles. The Hall–Kier alpha value is -4.63. The van der Waals surface area contributed by atoms with E-state index < -0.39 is 18.2 Å². The fourth-order valence-corrected chi connectivity index (χ4v) is 3.70. The molecule has 0 unspecified atom stereocenters. The van der Waals surface area contributed by atoms with E-state index in [1.54, 1.807) is 91.0 Å². The van der Waals surface area contributed by atoms with Crippen LogP contribution in [0.5, 0.6) is 23.0 Å².